The van der Waals surface area contributed by atoms with E-state index in [0.29, 0.717) is 0 Å². The van der Waals surface area contributed by atoms with E-state index in [1.807, 2.05) is 0 Å². The number of aliphatic hydroxyl groups is 1. The summed E-state index contributed by atoms with van der Waals surface area (Å²) in [5.74, 6) is 0. The van der Waals surface area contributed by atoms with Gasteiger partial charge in [-0.15, -0.1) is 0 Å². The maximum atomic E-state index is 11.4. The van der Waals surface area contributed by atoms with E-state index >= 15 is 0 Å². The number of aromatic amines is 1. The lowest BCUT2D eigenvalue weighted by Crippen LogP contribution is -2.35. The molecule has 1 aromatic heterocycles. The van der Waals surface area contributed by atoms with Crippen LogP contribution in [0.4, 0.5) is 0 Å². The summed E-state index contributed by atoms with van der Waals surface area (Å²) in [5, 5.41) is 8.64. The van der Waals surface area contributed by atoms with Gasteiger partial charge in [-0.2, -0.15) is 0 Å². The number of rotatable bonds is 4. The van der Waals surface area contributed by atoms with E-state index in [0.717, 1.165) is 0 Å². The molecule has 0 aliphatic rings. The zero-order valence-electron chi connectivity index (χ0n) is 7.06. The van der Waals surface area contributed by atoms with Crippen molar-refractivity contribution in [2.45, 2.75) is 18.0 Å². The van der Waals surface area contributed by atoms with Crippen molar-refractivity contribution in [2.75, 3.05) is 6.61 Å². The molecule has 0 spiro atoms. The van der Waals surface area contributed by atoms with Crippen LogP contribution in [0.5, 0.6) is 0 Å². The lowest BCUT2D eigenvalue weighted by Gasteiger charge is -2.09. The van der Waals surface area contributed by atoms with Crippen LogP contribution in [-0.2, 0) is 10.0 Å². The number of hydrogen-bond donors (Lipinski definition) is 3. The second-order valence-corrected chi connectivity index (χ2v) is 4.30. The number of sulfonamides is 1. The molecule has 0 fully saturated rings. The molecule has 1 rings (SSSR count). The van der Waals surface area contributed by atoms with Gasteiger partial charge in [0.15, 0.2) is 5.03 Å². The second kappa shape index (κ2) is 3.86. The third-order valence-electron chi connectivity index (χ3n) is 1.39. The molecule has 0 saturated heterocycles. The number of hydrogen-bond acceptors (Lipinski definition) is 4. The molecule has 7 heteroatoms. The summed E-state index contributed by atoms with van der Waals surface area (Å²) in [6.45, 7) is 1.32. The van der Waals surface area contributed by atoms with Crippen LogP contribution >= 0.6 is 0 Å². The van der Waals surface area contributed by atoms with Gasteiger partial charge in [-0.1, -0.05) is 0 Å². The number of nitrogens with one attached hydrogen (secondary N) is 2. The summed E-state index contributed by atoms with van der Waals surface area (Å²) < 4.78 is 25.0. The molecule has 6 nitrogen and oxygen atoms in total. The highest BCUT2D eigenvalue weighted by molar-refractivity contribution is 7.89. The standard InChI is InChI=1S/C6H11N3O3S/c1-5(3-10)9-13(11,12)6-2-7-4-8-6/h2,4-5,9-10H,3H2,1H3,(H,7,8). The molecule has 0 aliphatic heterocycles. The van der Waals surface area contributed by atoms with Gasteiger partial charge in [-0.05, 0) is 6.92 Å². The SMILES string of the molecule is CC(CO)NS(=O)(=O)c1cnc[nH]1. The van der Waals surface area contributed by atoms with Crippen molar-refractivity contribution in [1.82, 2.24) is 14.7 Å². The van der Waals surface area contributed by atoms with Crippen LogP contribution in [0.1, 0.15) is 6.92 Å². The quantitative estimate of drug-likeness (QED) is 0.591. The average Bonchev–Trinajstić information content (AvgIpc) is 2.55. The van der Waals surface area contributed by atoms with Gasteiger partial charge in [0.1, 0.15) is 0 Å². The molecule has 0 amide bonds. The molecule has 0 bridgehead atoms. The Balaban J connectivity index is 2.79. The van der Waals surface area contributed by atoms with E-state index in [1.54, 1.807) is 6.92 Å². The Kier molecular flexibility index (Phi) is 3.02. The first-order valence-electron chi connectivity index (χ1n) is 3.68. The minimum absolute atomic E-state index is 0.00667. The monoisotopic (exact) mass is 205 g/mol. The fourth-order valence-corrected chi connectivity index (χ4v) is 1.89. The third kappa shape index (κ3) is 2.51. The van der Waals surface area contributed by atoms with E-state index < -0.39 is 16.1 Å². The van der Waals surface area contributed by atoms with E-state index in [1.165, 1.54) is 12.5 Å². The summed E-state index contributed by atoms with van der Waals surface area (Å²) in [5.41, 5.74) is 0. The van der Waals surface area contributed by atoms with Crippen molar-refractivity contribution >= 4 is 10.0 Å². The normalized spacial score (nSPS) is 14.3. The van der Waals surface area contributed by atoms with Gasteiger partial charge in [-0.25, -0.2) is 18.1 Å². The Bertz CT molecular complexity index is 345. The van der Waals surface area contributed by atoms with Crippen molar-refractivity contribution in [3.63, 3.8) is 0 Å². The Labute approximate surface area is 76.1 Å². The lowest BCUT2D eigenvalue weighted by atomic mass is 10.4. The van der Waals surface area contributed by atoms with Crippen molar-refractivity contribution in [2.24, 2.45) is 0 Å². The highest BCUT2D eigenvalue weighted by Crippen LogP contribution is 2.02. The largest absolute Gasteiger partial charge is 0.395 e. The molecule has 13 heavy (non-hydrogen) atoms. The van der Waals surface area contributed by atoms with Crippen LogP contribution in [0.3, 0.4) is 0 Å². The number of nitrogens with zero attached hydrogens (tertiary/aromatic N) is 1. The lowest BCUT2D eigenvalue weighted by molar-refractivity contribution is 0.265. The van der Waals surface area contributed by atoms with Crippen LogP contribution in [0.2, 0.25) is 0 Å². The van der Waals surface area contributed by atoms with Crippen LogP contribution < -0.4 is 4.72 Å². The summed E-state index contributed by atoms with van der Waals surface area (Å²) in [7, 11) is -3.56. The van der Waals surface area contributed by atoms with Gasteiger partial charge >= 0.3 is 0 Å². The van der Waals surface area contributed by atoms with Crippen molar-refractivity contribution < 1.29 is 13.5 Å². The van der Waals surface area contributed by atoms with Crippen molar-refractivity contribution in [1.29, 1.82) is 0 Å². The minimum atomic E-state index is -3.56. The smallest absolute Gasteiger partial charge is 0.257 e. The van der Waals surface area contributed by atoms with Gasteiger partial charge in [-0.3, -0.25) is 0 Å². The highest BCUT2D eigenvalue weighted by atomic mass is 32.2. The molecule has 3 N–H and O–H groups in total. The minimum Gasteiger partial charge on any atom is -0.395 e. The summed E-state index contributed by atoms with van der Waals surface area (Å²) >= 11 is 0. The Morgan fingerprint density at radius 3 is 2.92 bits per heavy atom. The number of H-pyrrole nitrogens is 1. The van der Waals surface area contributed by atoms with Crippen LogP contribution in [0.25, 0.3) is 0 Å². The van der Waals surface area contributed by atoms with Crippen molar-refractivity contribution in [3.8, 4) is 0 Å². The maximum Gasteiger partial charge on any atom is 0.257 e. The Hall–Kier alpha value is -0.920. The van der Waals surface area contributed by atoms with Crippen LogP contribution in [-0.4, -0.2) is 36.1 Å². The van der Waals surface area contributed by atoms with E-state index in [9.17, 15) is 8.42 Å². The molecule has 0 radical (unpaired) electrons. The average molecular weight is 205 g/mol. The van der Waals surface area contributed by atoms with Crippen LogP contribution in [0, 0.1) is 0 Å². The van der Waals surface area contributed by atoms with Gasteiger partial charge in [0.25, 0.3) is 10.0 Å². The molecule has 0 aliphatic carbocycles. The molecule has 0 aromatic carbocycles. The zero-order chi connectivity index (χ0) is 9.90. The number of imidazole rings is 1. The number of aromatic nitrogens is 2. The first kappa shape index (κ1) is 10.2. The predicted molar refractivity (Wildman–Crippen MR) is 45.5 cm³/mol. The summed E-state index contributed by atoms with van der Waals surface area (Å²) in [4.78, 5) is 6.05. The molecule has 1 unspecified atom stereocenters. The first-order chi connectivity index (χ1) is 6.06. The predicted octanol–water partition coefficient (Wildman–Crippen LogP) is -0.931. The molecular formula is C6H11N3O3S. The highest BCUT2D eigenvalue weighted by Gasteiger charge is 2.17. The zero-order valence-corrected chi connectivity index (χ0v) is 7.87. The molecule has 1 aromatic rings. The Morgan fingerprint density at radius 2 is 2.46 bits per heavy atom. The van der Waals surface area contributed by atoms with E-state index in [-0.39, 0.29) is 11.6 Å². The molecule has 1 heterocycles. The third-order valence-corrected chi connectivity index (χ3v) is 2.91. The molecule has 1 atom stereocenters. The maximum absolute atomic E-state index is 11.4. The summed E-state index contributed by atoms with van der Waals surface area (Å²) in [6.07, 6.45) is 2.48. The fraction of sp³-hybridized carbons (Fsp3) is 0.500. The first-order valence-corrected chi connectivity index (χ1v) is 5.16. The topological polar surface area (TPSA) is 95.1 Å². The van der Waals surface area contributed by atoms with Gasteiger partial charge < -0.3 is 10.1 Å². The summed E-state index contributed by atoms with van der Waals surface area (Å²) in [6, 6.07) is -0.506. The molecular weight excluding hydrogens is 194 g/mol. The van der Waals surface area contributed by atoms with Gasteiger partial charge in [0.2, 0.25) is 0 Å². The van der Waals surface area contributed by atoms with Crippen LogP contribution in [0.15, 0.2) is 17.6 Å². The second-order valence-electron chi connectivity index (χ2n) is 2.62. The molecule has 0 saturated carbocycles. The van der Waals surface area contributed by atoms with Crippen molar-refractivity contribution in [3.05, 3.63) is 12.5 Å². The fourth-order valence-electron chi connectivity index (χ4n) is 0.756. The molecule has 74 valence electrons. The van der Waals surface area contributed by atoms with E-state index in [2.05, 4.69) is 14.7 Å². The van der Waals surface area contributed by atoms with E-state index in [4.69, 9.17) is 5.11 Å². The Morgan fingerprint density at radius 1 is 1.77 bits per heavy atom. The van der Waals surface area contributed by atoms with Gasteiger partial charge in [0, 0.05) is 6.04 Å². The number of aliphatic hydroxyl groups excluding tert-OH is 1. The van der Waals surface area contributed by atoms with Gasteiger partial charge in [0.05, 0.1) is 19.1 Å².